The summed E-state index contributed by atoms with van der Waals surface area (Å²) in [6, 6.07) is 6.47. The summed E-state index contributed by atoms with van der Waals surface area (Å²) in [7, 11) is 1.81. The van der Waals surface area contributed by atoms with Crippen LogP contribution in [0.3, 0.4) is 0 Å². The number of benzene rings is 1. The SMILES string of the molecule is CO[C@H]1CC[C@]2(CC1)Cc1ccc(OCC3CCC3)cc1/C2=N/[S+]([O-])C(C)(C)C. The van der Waals surface area contributed by atoms with Crippen molar-refractivity contribution in [3.8, 4) is 5.75 Å². The minimum Gasteiger partial charge on any atom is -0.591 e. The largest absolute Gasteiger partial charge is 0.591 e. The average Bonchev–Trinajstić information content (AvgIpc) is 2.93. The van der Waals surface area contributed by atoms with Crippen LogP contribution in [0.5, 0.6) is 5.75 Å². The van der Waals surface area contributed by atoms with Crippen molar-refractivity contribution in [1.29, 1.82) is 0 Å². The van der Waals surface area contributed by atoms with Crippen LogP contribution in [0.4, 0.5) is 0 Å². The first-order chi connectivity index (χ1) is 13.8. The number of methoxy groups -OCH3 is 1. The molecular weight excluding hydrogens is 382 g/mol. The second-order valence-electron chi connectivity index (χ2n) is 10.1. The first kappa shape index (κ1) is 21.2. The van der Waals surface area contributed by atoms with Crippen molar-refractivity contribution in [2.75, 3.05) is 13.7 Å². The molecule has 0 N–H and O–H groups in total. The lowest BCUT2D eigenvalue weighted by Crippen LogP contribution is -2.37. The zero-order valence-electron chi connectivity index (χ0n) is 18.3. The molecule has 160 valence electrons. The highest BCUT2D eigenvalue weighted by Crippen LogP contribution is 2.49. The van der Waals surface area contributed by atoms with E-state index in [9.17, 15) is 4.55 Å². The van der Waals surface area contributed by atoms with E-state index in [4.69, 9.17) is 13.9 Å². The van der Waals surface area contributed by atoms with Crippen molar-refractivity contribution >= 4 is 17.1 Å². The Morgan fingerprint density at radius 3 is 2.48 bits per heavy atom. The molecule has 4 rings (SSSR count). The molecule has 1 spiro atoms. The third-order valence-electron chi connectivity index (χ3n) is 7.00. The number of rotatable bonds is 5. The Bertz CT molecular complexity index is 758. The Kier molecular flexibility index (Phi) is 6.02. The van der Waals surface area contributed by atoms with Gasteiger partial charge >= 0.3 is 0 Å². The van der Waals surface area contributed by atoms with Crippen LogP contribution < -0.4 is 4.74 Å². The summed E-state index contributed by atoms with van der Waals surface area (Å²) in [5.74, 6) is 1.63. The maximum Gasteiger partial charge on any atom is 0.144 e. The van der Waals surface area contributed by atoms with Crippen LogP contribution in [-0.2, 0) is 22.5 Å². The Morgan fingerprint density at radius 2 is 1.90 bits per heavy atom. The van der Waals surface area contributed by atoms with Crippen molar-refractivity contribution in [1.82, 2.24) is 0 Å². The smallest absolute Gasteiger partial charge is 0.144 e. The van der Waals surface area contributed by atoms with Gasteiger partial charge in [0, 0.05) is 18.1 Å². The van der Waals surface area contributed by atoms with Crippen LogP contribution in [0.25, 0.3) is 0 Å². The van der Waals surface area contributed by atoms with Crippen molar-refractivity contribution in [3.63, 3.8) is 0 Å². The molecule has 0 heterocycles. The summed E-state index contributed by atoms with van der Waals surface area (Å²) < 4.78 is 29.2. The van der Waals surface area contributed by atoms with E-state index in [0.717, 1.165) is 55.7 Å². The molecule has 0 amide bonds. The molecule has 3 aliphatic carbocycles. The third kappa shape index (κ3) is 4.38. The Labute approximate surface area is 178 Å². The zero-order chi connectivity index (χ0) is 20.6. The van der Waals surface area contributed by atoms with Crippen molar-refractivity contribution in [2.24, 2.45) is 15.7 Å². The van der Waals surface area contributed by atoms with E-state index in [1.54, 1.807) is 7.11 Å². The molecule has 1 aromatic rings. The summed E-state index contributed by atoms with van der Waals surface area (Å²) in [5, 5.41) is 0. The first-order valence-corrected chi connectivity index (χ1v) is 12.2. The fourth-order valence-electron chi connectivity index (χ4n) is 4.79. The van der Waals surface area contributed by atoms with E-state index < -0.39 is 11.4 Å². The molecule has 0 aliphatic heterocycles. The lowest BCUT2D eigenvalue weighted by molar-refractivity contribution is 0.0468. The molecule has 5 heteroatoms. The number of fused-ring (bicyclic) bond motifs is 1. The molecule has 1 unspecified atom stereocenters. The normalized spacial score (nSPS) is 29.7. The van der Waals surface area contributed by atoms with Crippen LogP contribution in [0.2, 0.25) is 0 Å². The van der Waals surface area contributed by atoms with Crippen molar-refractivity contribution in [3.05, 3.63) is 29.3 Å². The number of ether oxygens (including phenoxy) is 2. The minimum absolute atomic E-state index is 0.00906. The second kappa shape index (κ2) is 8.24. The van der Waals surface area contributed by atoms with Gasteiger partial charge in [-0.2, -0.15) is 0 Å². The highest BCUT2D eigenvalue weighted by atomic mass is 32.2. The summed E-state index contributed by atoms with van der Waals surface area (Å²) in [6.45, 7) is 6.79. The topological polar surface area (TPSA) is 53.9 Å². The average molecular weight is 418 g/mol. The van der Waals surface area contributed by atoms with Gasteiger partial charge in [-0.05, 0) is 89.3 Å². The van der Waals surface area contributed by atoms with Crippen LogP contribution in [-0.4, -0.2) is 34.8 Å². The van der Waals surface area contributed by atoms with Gasteiger partial charge in [-0.1, -0.05) is 16.9 Å². The molecule has 4 nitrogen and oxygen atoms in total. The van der Waals surface area contributed by atoms with Gasteiger partial charge in [-0.15, -0.1) is 0 Å². The minimum atomic E-state index is -1.27. The van der Waals surface area contributed by atoms with Gasteiger partial charge in [0.15, 0.2) is 0 Å². The molecule has 0 aromatic heterocycles. The Hall–Kier alpha value is -1.04. The highest BCUT2D eigenvalue weighted by Gasteiger charge is 2.48. The summed E-state index contributed by atoms with van der Waals surface area (Å²) >= 11 is -1.27. The van der Waals surface area contributed by atoms with Crippen LogP contribution >= 0.6 is 0 Å². The molecule has 1 aromatic carbocycles. The van der Waals surface area contributed by atoms with E-state index in [2.05, 4.69) is 18.2 Å². The molecule has 0 saturated heterocycles. The van der Waals surface area contributed by atoms with Gasteiger partial charge in [0.25, 0.3) is 0 Å². The molecular formula is C24H35NO3S. The Balaban J connectivity index is 1.64. The van der Waals surface area contributed by atoms with Crippen LogP contribution in [0.15, 0.2) is 22.6 Å². The van der Waals surface area contributed by atoms with Crippen LogP contribution in [0, 0.1) is 11.3 Å². The van der Waals surface area contributed by atoms with E-state index in [-0.39, 0.29) is 10.2 Å². The predicted molar refractivity (Wildman–Crippen MR) is 119 cm³/mol. The van der Waals surface area contributed by atoms with E-state index in [0.29, 0.717) is 12.0 Å². The van der Waals surface area contributed by atoms with Crippen LogP contribution in [0.1, 0.15) is 76.8 Å². The lowest BCUT2D eigenvalue weighted by atomic mass is 9.70. The number of hydrogen-bond acceptors (Lipinski definition) is 4. The van der Waals surface area contributed by atoms with E-state index in [1.807, 2.05) is 20.8 Å². The molecule has 29 heavy (non-hydrogen) atoms. The maximum atomic E-state index is 13.0. The molecule has 2 saturated carbocycles. The van der Waals surface area contributed by atoms with Gasteiger partial charge in [-0.3, -0.25) is 0 Å². The molecule has 2 fully saturated rings. The summed E-state index contributed by atoms with van der Waals surface area (Å²) in [6.07, 6.45) is 9.38. The molecule has 1 atom stereocenters. The fourth-order valence-corrected chi connectivity index (χ4v) is 5.52. The first-order valence-electron chi connectivity index (χ1n) is 11.1. The van der Waals surface area contributed by atoms with Crippen molar-refractivity contribution in [2.45, 2.75) is 83.0 Å². The highest BCUT2D eigenvalue weighted by molar-refractivity contribution is 7.91. The van der Waals surface area contributed by atoms with Gasteiger partial charge in [0.2, 0.25) is 0 Å². The number of nitrogens with zero attached hydrogens (tertiary/aromatic N) is 1. The predicted octanol–water partition coefficient (Wildman–Crippen LogP) is 5.25. The summed E-state index contributed by atoms with van der Waals surface area (Å²) in [4.78, 5) is 0. The summed E-state index contributed by atoms with van der Waals surface area (Å²) in [5.41, 5.74) is 3.51. The quantitative estimate of drug-likeness (QED) is 0.615. The number of hydrogen-bond donors (Lipinski definition) is 0. The van der Waals surface area contributed by atoms with E-state index >= 15 is 0 Å². The van der Waals surface area contributed by atoms with Gasteiger partial charge in [-0.25, -0.2) is 0 Å². The lowest BCUT2D eigenvalue weighted by Gasteiger charge is -2.37. The zero-order valence-corrected chi connectivity index (χ0v) is 19.1. The second-order valence-corrected chi connectivity index (χ2v) is 12.0. The van der Waals surface area contributed by atoms with Gasteiger partial charge in [0.05, 0.1) is 12.7 Å². The van der Waals surface area contributed by atoms with Gasteiger partial charge in [0.1, 0.15) is 27.6 Å². The molecule has 0 radical (unpaired) electrons. The fraction of sp³-hybridized carbons (Fsp3) is 0.708. The molecule has 3 aliphatic rings. The van der Waals surface area contributed by atoms with Crippen molar-refractivity contribution < 1.29 is 14.0 Å². The van der Waals surface area contributed by atoms with Gasteiger partial charge < -0.3 is 14.0 Å². The third-order valence-corrected chi connectivity index (χ3v) is 8.40. The molecule has 0 bridgehead atoms. The Morgan fingerprint density at radius 1 is 1.17 bits per heavy atom. The van der Waals surface area contributed by atoms with E-state index in [1.165, 1.54) is 24.8 Å². The maximum absolute atomic E-state index is 13.0. The monoisotopic (exact) mass is 417 g/mol. The standard InChI is InChI=1S/C24H35NO3S/c1-23(2,3)29(26)25-22-21-14-20(28-16-17-6-5-7-17)9-8-18(21)15-24(22)12-10-19(27-4)11-13-24/h8-9,14,17,19H,5-7,10-13,15-16H2,1-4H3/b25-22-/t19-,24-,29?.